The van der Waals surface area contributed by atoms with Gasteiger partial charge in [0.1, 0.15) is 5.75 Å². The van der Waals surface area contributed by atoms with E-state index in [-0.39, 0.29) is 29.5 Å². The number of alkyl halides is 3. The van der Waals surface area contributed by atoms with Crippen LogP contribution in [-0.2, 0) is 16.2 Å². The molecule has 0 bridgehead atoms. The standard InChI is InChI=1S/C28H25F3N4O4S/c1-17(2)39-26-9-4-18(16-34-26)24-14-19(28(29,30)31)5-7-21(24)22-10-13-38-25-15-20(6-8-23(22)25)40(36,37)35-27-32-11-3-12-33-27/h3-9,11-12,14-17,22H,10,13H2,1-2H3,(H,32,33,35)/t22-/m1/s1. The molecule has 3 heterocycles. The summed E-state index contributed by atoms with van der Waals surface area (Å²) in [5.41, 5.74) is 1.39. The zero-order valence-corrected chi connectivity index (χ0v) is 22.3. The monoisotopic (exact) mass is 570 g/mol. The van der Waals surface area contributed by atoms with Crippen molar-refractivity contribution < 1.29 is 31.1 Å². The molecule has 1 N–H and O–H groups in total. The number of nitrogens with one attached hydrogen (secondary N) is 1. The smallest absolute Gasteiger partial charge is 0.416 e. The number of aromatic nitrogens is 3. The summed E-state index contributed by atoms with van der Waals surface area (Å²) in [6, 6.07) is 13.0. The summed E-state index contributed by atoms with van der Waals surface area (Å²) in [5, 5.41) is 0. The predicted molar refractivity (Wildman–Crippen MR) is 142 cm³/mol. The lowest BCUT2D eigenvalue weighted by Gasteiger charge is -2.29. The van der Waals surface area contributed by atoms with Crippen LogP contribution in [-0.4, -0.2) is 36.1 Å². The Bertz CT molecular complexity index is 1610. The Balaban J connectivity index is 1.54. The molecular weight excluding hydrogens is 545 g/mol. The van der Waals surface area contributed by atoms with Crippen LogP contribution in [0.2, 0.25) is 0 Å². The molecule has 1 atom stereocenters. The Morgan fingerprint density at radius 2 is 1.75 bits per heavy atom. The fraction of sp³-hybridized carbons (Fsp3) is 0.250. The van der Waals surface area contributed by atoms with Crippen LogP contribution >= 0.6 is 0 Å². The van der Waals surface area contributed by atoms with Gasteiger partial charge >= 0.3 is 6.18 Å². The molecule has 4 aromatic rings. The highest BCUT2D eigenvalue weighted by atomic mass is 32.2. The van der Waals surface area contributed by atoms with E-state index in [1.54, 1.807) is 24.3 Å². The second-order valence-corrected chi connectivity index (χ2v) is 11.1. The van der Waals surface area contributed by atoms with E-state index in [0.717, 1.165) is 12.1 Å². The molecule has 2 aromatic carbocycles. The van der Waals surface area contributed by atoms with Gasteiger partial charge in [0.05, 0.1) is 23.2 Å². The van der Waals surface area contributed by atoms with Crippen LogP contribution in [0.3, 0.4) is 0 Å². The molecule has 8 nitrogen and oxygen atoms in total. The Morgan fingerprint density at radius 3 is 2.42 bits per heavy atom. The Labute approximate surface area is 229 Å². The van der Waals surface area contributed by atoms with Crippen molar-refractivity contribution in [3.63, 3.8) is 0 Å². The minimum Gasteiger partial charge on any atom is -0.493 e. The molecule has 208 valence electrons. The van der Waals surface area contributed by atoms with Gasteiger partial charge in [-0.1, -0.05) is 12.1 Å². The van der Waals surface area contributed by atoms with E-state index in [1.165, 1.54) is 36.8 Å². The predicted octanol–water partition coefficient (Wildman–Crippen LogP) is 6.06. The lowest BCUT2D eigenvalue weighted by Crippen LogP contribution is -2.19. The number of hydrogen-bond acceptors (Lipinski definition) is 7. The first-order chi connectivity index (χ1) is 19.0. The first kappa shape index (κ1) is 27.4. The molecule has 0 saturated carbocycles. The molecule has 1 aliphatic heterocycles. The largest absolute Gasteiger partial charge is 0.493 e. The second kappa shape index (κ2) is 10.8. The highest BCUT2D eigenvalue weighted by Gasteiger charge is 2.33. The fourth-order valence-corrected chi connectivity index (χ4v) is 5.50. The van der Waals surface area contributed by atoms with Gasteiger partial charge in [0, 0.05) is 47.8 Å². The molecule has 12 heteroatoms. The van der Waals surface area contributed by atoms with Crippen LogP contribution in [0.25, 0.3) is 11.1 Å². The molecule has 0 saturated heterocycles. The molecular formula is C28H25F3N4O4S. The summed E-state index contributed by atoms with van der Waals surface area (Å²) in [6.07, 6.45) is 0.152. The molecule has 0 spiro atoms. The van der Waals surface area contributed by atoms with Crippen molar-refractivity contribution in [2.75, 3.05) is 11.3 Å². The molecule has 5 rings (SSSR count). The zero-order chi connectivity index (χ0) is 28.5. The zero-order valence-electron chi connectivity index (χ0n) is 21.5. The van der Waals surface area contributed by atoms with Crippen LogP contribution in [0.5, 0.6) is 11.6 Å². The van der Waals surface area contributed by atoms with Gasteiger partial charge in [0.25, 0.3) is 10.0 Å². The molecule has 0 amide bonds. The first-order valence-electron chi connectivity index (χ1n) is 12.4. The minimum atomic E-state index is -4.53. The number of benzene rings is 2. The minimum absolute atomic E-state index is 0.0584. The maximum atomic E-state index is 13.7. The van der Waals surface area contributed by atoms with Gasteiger partial charge in [-0.15, -0.1) is 0 Å². The second-order valence-electron chi connectivity index (χ2n) is 9.42. The van der Waals surface area contributed by atoms with Crippen molar-refractivity contribution in [3.8, 4) is 22.8 Å². The number of fused-ring (bicyclic) bond motifs is 1. The van der Waals surface area contributed by atoms with Gasteiger partial charge in [-0.2, -0.15) is 13.2 Å². The van der Waals surface area contributed by atoms with E-state index in [4.69, 9.17) is 9.47 Å². The number of sulfonamides is 1. The highest BCUT2D eigenvalue weighted by Crippen LogP contribution is 2.44. The SMILES string of the molecule is CC(C)Oc1ccc(-c2cc(C(F)(F)F)ccc2[C@H]2CCOc3cc(S(=O)(=O)Nc4ncccn4)ccc32)cn1. The number of hydrogen-bond donors (Lipinski definition) is 1. The number of anilines is 1. The van der Waals surface area contributed by atoms with Gasteiger partial charge in [-0.25, -0.2) is 28.1 Å². The summed E-state index contributed by atoms with van der Waals surface area (Å²) in [6.45, 7) is 3.95. The average Bonchev–Trinajstić information content (AvgIpc) is 2.92. The summed E-state index contributed by atoms with van der Waals surface area (Å²) < 4.78 is 80.6. The lowest BCUT2D eigenvalue weighted by atomic mass is 9.82. The topological polar surface area (TPSA) is 103 Å². The fourth-order valence-electron chi connectivity index (χ4n) is 4.53. The van der Waals surface area contributed by atoms with Crippen molar-refractivity contribution in [2.24, 2.45) is 0 Å². The van der Waals surface area contributed by atoms with E-state index >= 15 is 0 Å². The van der Waals surface area contributed by atoms with E-state index < -0.39 is 21.8 Å². The summed E-state index contributed by atoms with van der Waals surface area (Å²) >= 11 is 0. The number of ether oxygens (including phenoxy) is 2. The van der Waals surface area contributed by atoms with Crippen LogP contribution < -0.4 is 14.2 Å². The maximum absolute atomic E-state index is 13.7. The van der Waals surface area contributed by atoms with Crippen LogP contribution in [0, 0.1) is 0 Å². The number of pyridine rings is 1. The number of rotatable bonds is 7. The first-order valence-corrected chi connectivity index (χ1v) is 13.9. The van der Waals surface area contributed by atoms with Crippen molar-refractivity contribution in [3.05, 3.63) is 89.9 Å². The third-order valence-corrected chi connectivity index (χ3v) is 7.61. The summed E-state index contributed by atoms with van der Waals surface area (Å²) in [5.74, 6) is 0.270. The van der Waals surface area contributed by atoms with Crippen molar-refractivity contribution in [2.45, 2.75) is 43.4 Å². The van der Waals surface area contributed by atoms with Crippen LogP contribution in [0.1, 0.15) is 42.9 Å². The van der Waals surface area contributed by atoms with Gasteiger partial charge in [-0.05, 0) is 61.7 Å². The molecule has 0 fully saturated rings. The molecule has 1 aliphatic rings. The van der Waals surface area contributed by atoms with Gasteiger partial charge in [0.15, 0.2) is 0 Å². The van der Waals surface area contributed by atoms with E-state index in [9.17, 15) is 21.6 Å². The molecule has 0 unspecified atom stereocenters. The maximum Gasteiger partial charge on any atom is 0.416 e. The van der Waals surface area contributed by atoms with E-state index in [2.05, 4.69) is 19.7 Å². The van der Waals surface area contributed by atoms with Crippen molar-refractivity contribution >= 4 is 16.0 Å². The summed E-state index contributed by atoms with van der Waals surface area (Å²) in [7, 11) is -4.02. The Hall–Kier alpha value is -4.19. The Morgan fingerprint density at radius 1 is 1.00 bits per heavy atom. The molecule has 0 radical (unpaired) electrons. The van der Waals surface area contributed by atoms with E-state index in [0.29, 0.717) is 40.3 Å². The van der Waals surface area contributed by atoms with Crippen LogP contribution in [0.15, 0.2) is 78.1 Å². The van der Waals surface area contributed by atoms with Crippen LogP contribution in [0.4, 0.5) is 19.1 Å². The third kappa shape index (κ3) is 5.86. The normalized spacial score (nSPS) is 15.3. The lowest BCUT2D eigenvalue weighted by molar-refractivity contribution is -0.137. The number of halogens is 3. The highest BCUT2D eigenvalue weighted by molar-refractivity contribution is 7.92. The van der Waals surface area contributed by atoms with E-state index in [1.807, 2.05) is 13.8 Å². The summed E-state index contributed by atoms with van der Waals surface area (Å²) in [4.78, 5) is 12.0. The van der Waals surface area contributed by atoms with Gasteiger partial charge in [-0.3, -0.25) is 0 Å². The van der Waals surface area contributed by atoms with Crippen molar-refractivity contribution in [1.82, 2.24) is 15.0 Å². The average molecular weight is 571 g/mol. The molecule has 2 aromatic heterocycles. The number of nitrogens with zero attached hydrogens (tertiary/aromatic N) is 3. The van der Waals surface area contributed by atoms with Gasteiger partial charge < -0.3 is 9.47 Å². The van der Waals surface area contributed by atoms with Crippen molar-refractivity contribution in [1.29, 1.82) is 0 Å². The third-order valence-electron chi connectivity index (χ3n) is 6.29. The quantitative estimate of drug-likeness (QED) is 0.288. The molecule has 0 aliphatic carbocycles. The molecule has 40 heavy (non-hydrogen) atoms. The van der Waals surface area contributed by atoms with Gasteiger partial charge in [0.2, 0.25) is 11.8 Å². The Kier molecular flexibility index (Phi) is 7.37.